The van der Waals surface area contributed by atoms with Gasteiger partial charge in [0, 0.05) is 43.2 Å². The Morgan fingerprint density at radius 3 is 2.72 bits per heavy atom. The lowest BCUT2D eigenvalue weighted by atomic mass is 9.89. The average molecular weight is 346 g/mol. The molecule has 0 spiro atoms. The molecule has 2 aliphatic heterocycles. The fourth-order valence-corrected chi connectivity index (χ4v) is 4.58. The second-order valence-corrected chi connectivity index (χ2v) is 8.02. The Balaban J connectivity index is 1.74. The first-order chi connectivity index (χ1) is 11.8. The molecule has 136 valence electrons. The molecule has 2 heterocycles. The number of carbonyl (C=O) groups is 2. The molecule has 5 heteroatoms. The van der Waals surface area contributed by atoms with Crippen molar-refractivity contribution in [3.8, 4) is 0 Å². The van der Waals surface area contributed by atoms with E-state index in [0.717, 1.165) is 25.1 Å². The van der Waals surface area contributed by atoms with Gasteiger partial charge in [0.15, 0.2) is 0 Å². The van der Waals surface area contributed by atoms with Crippen molar-refractivity contribution >= 4 is 17.4 Å². The number of nitrogens with zero attached hydrogens (tertiary/aromatic N) is 2. The second kappa shape index (κ2) is 6.77. The van der Waals surface area contributed by atoms with E-state index in [1.165, 1.54) is 13.0 Å². The lowest BCUT2D eigenvalue weighted by Gasteiger charge is -2.42. The molecular formula is C20H27FN2O2. The fourth-order valence-electron chi connectivity index (χ4n) is 4.58. The van der Waals surface area contributed by atoms with Crippen LogP contribution in [0.4, 0.5) is 10.1 Å². The first-order valence-corrected chi connectivity index (χ1v) is 9.10. The number of carbonyl (C=O) groups excluding carboxylic acids is 2. The van der Waals surface area contributed by atoms with Crippen LogP contribution in [0.2, 0.25) is 0 Å². The number of anilines is 1. The topological polar surface area (TPSA) is 40.6 Å². The molecule has 25 heavy (non-hydrogen) atoms. The van der Waals surface area contributed by atoms with Gasteiger partial charge in [-0.25, -0.2) is 4.39 Å². The van der Waals surface area contributed by atoms with E-state index in [4.69, 9.17) is 0 Å². The van der Waals surface area contributed by atoms with Crippen molar-refractivity contribution in [1.29, 1.82) is 0 Å². The van der Waals surface area contributed by atoms with Crippen molar-refractivity contribution < 1.29 is 14.0 Å². The Labute approximate surface area is 149 Å². The Kier molecular flexibility index (Phi) is 4.85. The summed E-state index contributed by atoms with van der Waals surface area (Å²) in [6.07, 6.45) is 2.50. The summed E-state index contributed by atoms with van der Waals surface area (Å²) in [5.74, 6) is 0.306. The zero-order chi connectivity index (χ0) is 18.2. The zero-order valence-corrected chi connectivity index (χ0v) is 15.3. The molecule has 0 radical (unpaired) electrons. The Hall–Kier alpha value is -1.91. The lowest BCUT2D eigenvalue weighted by Crippen LogP contribution is -2.50. The number of hydrogen-bond acceptors (Lipinski definition) is 3. The van der Waals surface area contributed by atoms with E-state index in [2.05, 4.69) is 18.7 Å². The monoisotopic (exact) mass is 346 g/mol. The highest BCUT2D eigenvalue weighted by Gasteiger charge is 2.48. The highest BCUT2D eigenvalue weighted by Crippen LogP contribution is 2.44. The molecule has 0 aromatic heterocycles. The predicted octanol–water partition coefficient (Wildman–Crippen LogP) is 3.40. The molecule has 2 atom stereocenters. The van der Waals surface area contributed by atoms with Gasteiger partial charge >= 0.3 is 0 Å². The normalized spacial score (nSPS) is 25.0. The molecule has 0 N–H and O–H groups in total. The van der Waals surface area contributed by atoms with Crippen LogP contribution < -0.4 is 4.90 Å². The zero-order valence-electron chi connectivity index (χ0n) is 15.3. The van der Waals surface area contributed by atoms with Gasteiger partial charge in [0.2, 0.25) is 5.91 Å². The number of amides is 1. The van der Waals surface area contributed by atoms with Crippen LogP contribution in [0.1, 0.15) is 46.5 Å². The minimum absolute atomic E-state index is 0.0579. The maximum atomic E-state index is 13.7. The van der Waals surface area contributed by atoms with Crippen molar-refractivity contribution in [3.05, 3.63) is 30.1 Å². The molecule has 0 aliphatic carbocycles. The van der Waals surface area contributed by atoms with Crippen LogP contribution >= 0.6 is 0 Å². The molecule has 1 amide bonds. The Bertz CT molecular complexity index is 673. The Morgan fingerprint density at radius 2 is 2.04 bits per heavy atom. The van der Waals surface area contributed by atoms with Crippen LogP contribution in [0.25, 0.3) is 0 Å². The standard InChI is InChI=1S/C20H27FN2O2/c1-14(24)7-8-19(25)22-10-9-18-15(13-22)12-20(2,3)23(18)17-6-4-5-16(21)11-17/h4-6,11,15,18H,7-10,12-13H2,1-3H3/t15-,18+/m1/s1. The van der Waals surface area contributed by atoms with Crippen LogP contribution in [0, 0.1) is 11.7 Å². The van der Waals surface area contributed by atoms with E-state index < -0.39 is 0 Å². The van der Waals surface area contributed by atoms with E-state index in [0.29, 0.717) is 31.3 Å². The number of hydrogen-bond donors (Lipinski definition) is 0. The van der Waals surface area contributed by atoms with Gasteiger partial charge in [0.25, 0.3) is 0 Å². The van der Waals surface area contributed by atoms with Crippen LogP contribution in [0.5, 0.6) is 0 Å². The summed E-state index contributed by atoms with van der Waals surface area (Å²) >= 11 is 0. The summed E-state index contributed by atoms with van der Waals surface area (Å²) in [5.41, 5.74) is 0.857. The molecule has 0 saturated carbocycles. The first kappa shape index (κ1) is 17.9. The molecule has 2 saturated heterocycles. The van der Waals surface area contributed by atoms with Gasteiger partial charge in [-0.3, -0.25) is 4.79 Å². The molecule has 1 aromatic carbocycles. The lowest BCUT2D eigenvalue weighted by molar-refractivity contribution is -0.134. The minimum Gasteiger partial charge on any atom is -0.363 e. The number of rotatable bonds is 4. The van der Waals surface area contributed by atoms with Gasteiger partial charge < -0.3 is 14.6 Å². The average Bonchev–Trinajstić information content (AvgIpc) is 2.81. The van der Waals surface area contributed by atoms with Crippen molar-refractivity contribution in [1.82, 2.24) is 4.90 Å². The van der Waals surface area contributed by atoms with E-state index in [-0.39, 0.29) is 23.0 Å². The third-order valence-electron chi connectivity index (χ3n) is 5.57. The summed E-state index contributed by atoms with van der Waals surface area (Å²) in [4.78, 5) is 27.7. The van der Waals surface area contributed by atoms with Gasteiger partial charge in [0.05, 0.1) is 0 Å². The maximum absolute atomic E-state index is 13.7. The van der Waals surface area contributed by atoms with Gasteiger partial charge in [-0.1, -0.05) is 6.07 Å². The molecule has 2 fully saturated rings. The van der Waals surface area contributed by atoms with E-state index >= 15 is 0 Å². The number of likely N-dealkylation sites (tertiary alicyclic amines) is 1. The number of halogens is 1. The van der Waals surface area contributed by atoms with E-state index in [9.17, 15) is 14.0 Å². The quantitative estimate of drug-likeness (QED) is 0.839. The van der Waals surface area contributed by atoms with Gasteiger partial charge in [-0.05, 0) is 57.7 Å². The summed E-state index contributed by atoms with van der Waals surface area (Å²) in [6.45, 7) is 7.35. The second-order valence-electron chi connectivity index (χ2n) is 8.02. The van der Waals surface area contributed by atoms with Crippen molar-refractivity contribution in [3.63, 3.8) is 0 Å². The maximum Gasteiger partial charge on any atom is 0.223 e. The molecule has 0 unspecified atom stereocenters. The third kappa shape index (κ3) is 3.70. The summed E-state index contributed by atoms with van der Waals surface area (Å²) in [7, 11) is 0. The summed E-state index contributed by atoms with van der Waals surface area (Å²) in [6, 6.07) is 7.13. The number of fused-ring (bicyclic) bond motifs is 1. The van der Waals surface area contributed by atoms with Crippen molar-refractivity contribution in [2.24, 2.45) is 5.92 Å². The van der Waals surface area contributed by atoms with Gasteiger partial charge in [-0.2, -0.15) is 0 Å². The molecule has 4 nitrogen and oxygen atoms in total. The highest BCUT2D eigenvalue weighted by atomic mass is 19.1. The summed E-state index contributed by atoms with van der Waals surface area (Å²) in [5, 5.41) is 0. The number of Topliss-reactive ketones (excluding diaryl/α,β-unsaturated/α-hetero) is 1. The van der Waals surface area contributed by atoms with E-state index in [1.54, 1.807) is 12.1 Å². The number of benzene rings is 1. The number of ketones is 1. The SMILES string of the molecule is CC(=O)CCC(=O)N1CC[C@H]2[C@@H](C1)CC(C)(C)N2c1cccc(F)c1. The largest absolute Gasteiger partial charge is 0.363 e. The Morgan fingerprint density at radius 1 is 1.28 bits per heavy atom. The van der Waals surface area contributed by atoms with Crippen LogP contribution in [0.15, 0.2) is 24.3 Å². The summed E-state index contributed by atoms with van der Waals surface area (Å²) < 4.78 is 13.7. The molecule has 0 bridgehead atoms. The smallest absolute Gasteiger partial charge is 0.223 e. The molecular weight excluding hydrogens is 319 g/mol. The van der Waals surface area contributed by atoms with Gasteiger partial charge in [-0.15, -0.1) is 0 Å². The fraction of sp³-hybridized carbons (Fsp3) is 0.600. The highest BCUT2D eigenvalue weighted by molar-refractivity contribution is 5.83. The number of piperidine rings is 1. The van der Waals surface area contributed by atoms with Crippen molar-refractivity contribution in [2.45, 2.75) is 58.0 Å². The van der Waals surface area contributed by atoms with Crippen LogP contribution in [-0.4, -0.2) is 41.3 Å². The van der Waals surface area contributed by atoms with Crippen LogP contribution in [-0.2, 0) is 9.59 Å². The van der Waals surface area contributed by atoms with Crippen LogP contribution in [0.3, 0.4) is 0 Å². The van der Waals surface area contributed by atoms with Gasteiger partial charge in [0.1, 0.15) is 11.6 Å². The molecule has 2 aliphatic rings. The minimum atomic E-state index is -0.214. The van der Waals surface area contributed by atoms with E-state index in [1.807, 2.05) is 11.0 Å². The third-order valence-corrected chi connectivity index (χ3v) is 5.57. The molecule has 3 rings (SSSR count). The first-order valence-electron chi connectivity index (χ1n) is 9.10. The predicted molar refractivity (Wildman–Crippen MR) is 96.0 cm³/mol. The van der Waals surface area contributed by atoms with Crippen molar-refractivity contribution in [2.75, 3.05) is 18.0 Å². The molecule has 1 aromatic rings.